The number of rotatable bonds is 7. The van der Waals surface area contributed by atoms with Crippen LogP contribution in [0.25, 0.3) is 0 Å². The fourth-order valence-corrected chi connectivity index (χ4v) is 2.11. The van der Waals surface area contributed by atoms with Gasteiger partial charge >= 0.3 is 0 Å². The van der Waals surface area contributed by atoms with Crippen LogP contribution in [0.1, 0.15) is 29.1 Å². The Morgan fingerprint density at radius 3 is 2.91 bits per heavy atom. The van der Waals surface area contributed by atoms with Crippen LogP contribution in [0.2, 0.25) is 0 Å². The van der Waals surface area contributed by atoms with Crippen LogP contribution in [-0.2, 0) is 11.3 Å². The Morgan fingerprint density at radius 2 is 2.22 bits per heavy atom. The van der Waals surface area contributed by atoms with Gasteiger partial charge in [-0.2, -0.15) is 0 Å². The Balaban J connectivity index is 2.09. The first-order valence-electron chi connectivity index (χ1n) is 7.07. The summed E-state index contributed by atoms with van der Waals surface area (Å²) in [6, 6.07) is 3.58. The molecule has 0 unspecified atom stereocenters. The lowest BCUT2D eigenvalue weighted by Gasteiger charge is -2.15. The standard InChI is InChI=1S/C15H19FN4O3/c1-10(14-19-17-9-20(14)6-7-22-2)18-15(21)11-4-5-12(16)13(8-11)23-3/h4-5,8-10H,6-7H2,1-3H3,(H,18,21)/t10-/m1/s1. The third-order valence-corrected chi connectivity index (χ3v) is 3.33. The summed E-state index contributed by atoms with van der Waals surface area (Å²) in [4.78, 5) is 12.3. The lowest BCUT2D eigenvalue weighted by Crippen LogP contribution is -2.29. The van der Waals surface area contributed by atoms with Gasteiger partial charge in [0.15, 0.2) is 17.4 Å². The summed E-state index contributed by atoms with van der Waals surface area (Å²) in [5, 5.41) is 10.7. The first kappa shape index (κ1) is 16.9. The van der Waals surface area contributed by atoms with Crippen molar-refractivity contribution in [3.8, 4) is 5.75 Å². The van der Waals surface area contributed by atoms with Gasteiger partial charge in [-0.1, -0.05) is 0 Å². The van der Waals surface area contributed by atoms with Crippen LogP contribution in [-0.4, -0.2) is 41.5 Å². The number of aromatic nitrogens is 3. The maximum atomic E-state index is 13.4. The van der Waals surface area contributed by atoms with Crippen LogP contribution in [0.15, 0.2) is 24.5 Å². The zero-order valence-electron chi connectivity index (χ0n) is 13.2. The molecule has 0 saturated heterocycles. The number of benzene rings is 1. The molecular formula is C15H19FN4O3. The molecule has 1 atom stereocenters. The number of nitrogens with one attached hydrogen (secondary N) is 1. The van der Waals surface area contributed by atoms with Gasteiger partial charge in [-0.05, 0) is 25.1 Å². The average molecular weight is 322 g/mol. The van der Waals surface area contributed by atoms with Crippen LogP contribution in [0, 0.1) is 5.82 Å². The smallest absolute Gasteiger partial charge is 0.251 e. The second-order valence-electron chi connectivity index (χ2n) is 4.92. The average Bonchev–Trinajstić information content (AvgIpc) is 3.01. The van der Waals surface area contributed by atoms with Crippen molar-refractivity contribution >= 4 is 5.91 Å². The molecule has 0 aliphatic rings. The summed E-state index contributed by atoms with van der Waals surface area (Å²) in [7, 11) is 2.96. The van der Waals surface area contributed by atoms with Crippen LogP contribution in [0.3, 0.4) is 0 Å². The van der Waals surface area contributed by atoms with E-state index in [0.29, 0.717) is 24.5 Å². The molecule has 0 bridgehead atoms. The molecule has 1 amide bonds. The van der Waals surface area contributed by atoms with Crippen LogP contribution >= 0.6 is 0 Å². The summed E-state index contributed by atoms with van der Waals surface area (Å²) < 4.78 is 25.1. The van der Waals surface area contributed by atoms with Gasteiger partial charge < -0.3 is 19.4 Å². The molecule has 0 aliphatic heterocycles. The monoisotopic (exact) mass is 322 g/mol. The SMILES string of the molecule is COCCn1cnnc1[C@@H](C)NC(=O)c1ccc(F)c(OC)c1. The first-order chi connectivity index (χ1) is 11.1. The highest BCUT2D eigenvalue weighted by atomic mass is 19.1. The van der Waals surface area contributed by atoms with Crippen molar-refractivity contribution in [3.63, 3.8) is 0 Å². The van der Waals surface area contributed by atoms with Crippen LogP contribution < -0.4 is 10.1 Å². The van der Waals surface area contributed by atoms with E-state index in [9.17, 15) is 9.18 Å². The van der Waals surface area contributed by atoms with E-state index in [0.717, 1.165) is 0 Å². The Morgan fingerprint density at radius 1 is 1.43 bits per heavy atom. The van der Waals surface area contributed by atoms with Crippen molar-refractivity contribution in [2.24, 2.45) is 0 Å². The number of ether oxygens (including phenoxy) is 2. The molecule has 1 aromatic carbocycles. The quantitative estimate of drug-likeness (QED) is 0.837. The zero-order valence-corrected chi connectivity index (χ0v) is 13.2. The summed E-state index contributed by atoms with van der Waals surface area (Å²) in [5.41, 5.74) is 0.304. The normalized spacial score (nSPS) is 12.0. The Labute approximate surface area is 133 Å². The highest BCUT2D eigenvalue weighted by Crippen LogP contribution is 2.19. The molecule has 8 heteroatoms. The van der Waals surface area contributed by atoms with E-state index < -0.39 is 5.82 Å². The molecule has 124 valence electrons. The molecule has 0 saturated carbocycles. The predicted molar refractivity (Wildman–Crippen MR) is 80.7 cm³/mol. The number of carbonyl (C=O) groups is 1. The minimum Gasteiger partial charge on any atom is -0.494 e. The van der Waals surface area contributed by atoms with Crippen molar-refractivity contribution in [1.29, 1.82) is 0 Å². The Hall–Kier alpha value is -2.48. The number of hydrogen-bond donors (Lipinski definition) is 1. The van der Waals surface area contributed by atoms with Gasteiger partial charge in [0.25, 0.3) is 5.91 Å². The minimum atomic E-state index is -0.517. The topological polar surface area (TPSA) is 78.3 Å². The molecule has 2 aromatic rings. The van der Waals surface area contributed by atoms with Gasteiger partial charge in [0.1, 0.15) is 6.33 Å². The number of halogens is 1. The van der Waals surface area contributed by atoms with Crippen molar-refractivity contribution in [2.45, 2.75) is 19.5 Å². The van der Waals surface area contributed by atoms with Gasteiger partial charge in [-0.25, -0.2) is 4.39 Å². The number of nitrogens with zero attached hydrogens (tertiary/aromatic N) is 3. The second-order valence-corrected chi connectivity index (χ2v) is 4.92. The summed E-state index contributed by atoms with van der Waals surface area (Å²) in [5.74, 6) is -0.230. The van der Waals surface area contributed by atoms with E-state index in [1.807, 2.05) is 0 Å². The maximum absolute atomic E-state index is 13.4. The molecule has 0 radical (unpaired) electrons. The Kier molecular flexibility index (Phi) is 5.64. The number of carbonyl (C=O) groups excluding carboxylic acids is 1. The summed E-state index contributed by atoms with van der Waals surface area (Å²) >= 11 is 0. The van der Waals surface area contributed by atoms with Gasteiger partial charge in [-0.15, -0.1) is 10.2 Å². The Bertz CT molecular complexity index is 674. The molecule has 1 N–H and O–H groups in total. The van der Waals surface area contributed by atoms with Gasteiger partial charge in [0, 0.05) is 19.2 Å². The van der Waals surface area contributed by atoms with E-state index in [4.69, 9.17) is 9.47 Å². The van der Waals surface area contributed by atoms with Crippen LogP contribution in [0.4, 0.5) is 4.39 Å². The van der Waals surface area contributed by atoms with E-state index in [2.05, 4.69) is 15.5 Å². The molecule has 1 aromatic heterocycles. The second kappa shape index (κ2) is 7.68. The van der Waals surface area contributed by atoms with E-state index >= 15 is 0 Å². The molecule has 1 heterocycles. The van der Waals surface area contributed by atoms with E-state index in [1.54, 1.807) is 24.9 Å². The first-order valence-corrected chi connectivity index (χ1v) is 7.07. The molecule has 0 fully saturated rings. The lowest BCUT2D eigenvalue weighted by molar-refractivity contribution is 0.0936. The largest absolute Gasteiger partial charge is 0.494 e. The number of amides is 1. The molecule has 2 rings (SSSR count). The van der Waals surface area contributed by atoms with Gasteiger partial charge in [0.05, 0.1) is 19.8 Å². The lowest BCUT2D eigenvalue weighted by atomic mass is 10.1. The van der Waals surface area contributed by atoms with E-state index in [1.165, 1.54) is 25.3 Å². The highest BCUT2D eigenvalue weighted by molar-refractivity contribution is 5.94. The van der Waals surface area contributed by atoms with Crippen molar-refractivity contribution in [3.05, 3.63) is 41.7 Å². The predicted octanol–water partition coefficient (Wildman–Crippen LogP) is 1.56. The third-order valence-electron chi connectivity index (χ3n) is 3.33. The van der Waals surface area contributed by atoms with Gasteiger partial charge in [-0.3, -0.25) is 4.79 Å². The minimum absolute atomic E-state index is 0.0218. The van der Waals surface area contributed by atoms with Crippen molar-refractivity contribution < 1.29 is 18.7 Å². The number of methoxy groups -OCH3 is 2. The zero-order chi connectivity index (χ0) is 16.8. The summed E-state index contributed by atoms with van der Waals surface area (Å²) in [6.45, 7) is 2.90. The fraction of sp³-hybridized carbons (Fsp3) is 0.400. The highest BCUT2D eigenvalue weighted by Gasteiger charge is 2.17. The molecule has 0 aliphatic carbocycles. The van der Waals surface area contributed by atoms with Crippen molar-refractivity contribution in [1.82, 2.24) is 20.1 Å². The van der Waals surface area contributed by atoms with Gasteiger partial charge in [0.2, 0.25) is 0 Å². The molecular weight excluding hydrogens is 303 g/mol. The molecule has 0 spiro atoms. The summed E-state index contributed by atoms with van der Waals surface area (Å²) in [6.07, 6.45) is 1.58. The fourth-order valence-electron chi connectivity index (χ4n) is 2.11. The van der Waals surface area contributed by atoms with Crippen molar-refractivity contribution in [2.75, 3.05) is 20.8 Å². The number of hydrogen-bond acceptors (Lipinski definition) is 5. The maximum Gasteiger partial charge on any atom is 0.251 e. The van der Waals surface area contributed by atoms with E-state index in [-0.39, 0.29) is 17.7 Å². The van der Waals surface area contributed by atoms with Crippen LogP contribution in [0.5, 0.6) is 5.75 Å². The molecule has 23 heavy (non-hydrogen) atoms. The third kappa shape index (κ3) is 4.04. The molecule has 7 nitrogen and oxygen atoms in total.